The third-order valence-electron chi connectivity index (χ3n) is 4.48. The van der Waals surface area contributed by atoms with Crippen molar-refractivity contribution in [2.24, 2.45) is 0 Å². The first kappa shape index (κ1) is 22.5. The van der Waals surface area contributed by atoms with Crippen molar-refractivity contribution >= 4 is 27.6 Å². The van der Waals surface area contributed by atoms with Crippen LogP contribution >= 0.6 is 0 Å². The van der Waals surface area contributed by atoms with Crippen LogP contribution in [-0.4, -0.2) is 50.3 Å². The zero-order chi connectivity index (χ0) is 21.9. The molecule has 0 aliphatic heterocycles. The molecule has 29 heavy (non-hydrogen) atoms. The molecular weight excluding hydrogens is 394 g/mol. The number of aryl methyl sites for hydroxylation is 2. The van der Waals surface area contributed by atoms with Gasteiger partial charge in [-0.1, -0.05) is 0 Å². The van der Waals surface area contributed by atoms with Gasteiger partial charge in [0.1, 0.15) is 5.69 Å². The molecule has 8 nitrogen and oxygen atoms in total. The standard InChI is InChI=1S/C20H25N3O5S/c1-7-28-20(25)16-8-9-17(21-14(16)4)19(24)22-18-11-15(10-12(2)13(18)3)29(26,27)23(5)6/h8-11H,7H2,1-6H3,(H,22,24). The number of hydrogen-bond acceptors (Lipinski definition) is 6. The highest BCUT2D eigenvalue weighted by Gasteiger charge is 2.21. The second-order valence-corrected chi connectivity index (χ2v) is 8.86. The molecular formula is C20H25N3O5S. The number of sulfonamides is 1. The molecule has 1 N–H and O–H groups in total. The number of anilines is 1. The molecule has 0 radical (unpaired) electrons. The van der Waals surface area contributed by atoms with Crippen LogP contribution in [0, 0.1) is 20.8 Å². The van der Waals surface area contributed by atoms with E-state index < -0.39 is 21.9 Å². The minimum absolute atomic E-state index is 0.0858. The molecule has 156 valence electrons. The zero-order valence-electron chi connectivity index (χ0n) is 17.4. The summed E-state index contributed by atoms with van der Waals surface area (Å²) in [5.41, 5.74) is 2.61. The molecule has 2 rings (SSSR count). The quantitative estimate of drug-likeness (QED) is 0.722. The highest BCUT2D eigenvalue weighted by atomic mass is 32.2. The van der Waals surface area contributed by atoms with Crippen molar-refractivity contribution in [3.63, 3.8) is 0 Å². The zero-order valence-corrected chi connectivity index (χ0v) is 18.2. The number of hydrogen-bond donors (Lipinski definition) is 1. The first-order valence-electron chi connectivity index (χ1n) is 8.99. The molecule has 2 aromatic rings. The SMILES string of the molecule is CCOC(=O)c1ccc(C(=O)Nc2cc(S(=O)(=O)N(C)C)cc(C)c2C)nc1C. The van der Waals surface area contributed by atoms with Gasteiger partial charge in [-0.05, 0) is 63.1 Å². The predicted molar refractivity (Wildman–Crippen MR) is 110 cm³/mol. The molecule has 0 bridgehead atoms. The van der Waals surface area contributed by atoms with E-state index in [-0.39, 0.29) is 22.8 Å². The lowest BCUT2D eigenvalue weighted by molar-refractivity contribution is 0.0524. The van der Waals surface area contributed by atoms with Crippen LogP contribution in [0.4, 0.5) is 5.69 Å². The van der Waals surface area contributed by atoms with Crippen molar-refractivity contribution in [3.05, 3.63) is 52.3 Å². The molecule has 0 saturated heterocycles. The molecule has 0 spiro atoms. The summed E-state index contributed by atoms with van der Waals surface area (Å²) >= 11 is 0. The summed E-state index contributed by atoms with van der Waals surface area (Å²) in [6, 6.07) is 5.91. The van der Waals surface area contributed by atoms with Crippen molar-refractivity contribution in [1.82, 2.24) is 9.29 Å². The molecule has 0 atom stereocenters. The molecule has 1 aromatic heterocycles. The Hall–Kier alpha value is -2.78. The van der Waals surface area contributed by atoms with Gasteiger partial charge in [-0.2, -0.15) is 0 Å². The second kappa shape index (κ2) is 8.71. The fourth-order valence-electron chi connectivity index (χ4n) is 2.61. The highest BCUT2D eigenvalue weighted by Crippen LogP contribution is 2.26. The first-order chi connectivity index (χ1) is 13.5. The van der Waals surface area contributed by atoms with Gasteiger partial charge < -0.3 is 10.1 Å². The maximum absolute atomic E-state index is 12.7. The van der Waals surface area contributed by atoms with Gasteiger partial charge in [-0.25, -0.2) is 22.5 Å². The lowest BCUT2D eigenvalue weighted by Gasteiger charge is -2.16. The smallest absolute Gasteiger partial charge is 0.339 e. The average molecular weight is 420 g/mol. The first-order valence-corrected chi connectivity index (χ1v) is 10.4. The number of nitrogens with zero attached hydrogens (tertiary/aromatic N) is 2. The van der Waals surface area contributed by atoms with E-state index in [2.05, 4.69) is 10.3 Å². The molecule has 0 fully saturated rings. The van der Waals surface area contributed by atoms with E-state index in [1.807, 2.05) is 0 Å². The summed E-state index contributed by atoms with van der Waals surface area (Å²) in [5.74, 6) is -1.01. The van der Waals surface area contributed by atoms with Gasteiger partial charge in [-0.15, -0.1) is 0 Å². The fourth-order valence-corrected chi connectivity index (χ4v) is 3.63. The van der Waals surface area contributed by atoms with Gasteiger partial charge >= 0.3 is 5.97 Å². The largest absolute Gasteiger partial charge is 0.462 e. The fraction of sp³-hybridized carbons (Fsp3) is 0.350. The number of pyridine rings is 1. The van der Waals surface area contributed by atoms with Crippen LogP contribution in [-0.2, 0) is 14.8 Å². The summed E-state index contributed by atoms with van der Waals surface area (Å²) in [4.78, 5) is 28.8. The van der Waals surface area contributed by atoms with Crippen LogP contribution in [0.2, 0.25) is 0 Å². The van der Waals surface area contributed by atoms with E-state index in [9.17, 15) is 18.0 Å². The molecule has 0 aliphatic rings. The Balaban J connectivity index is 2.37. The topological polar surface area (TPSA) is 106 Å². The minimum Gasteiger partial charge on any atom is -0.462 e. The third kappa shape index (κ3) is 4.80. The van der Waals surface area contributed by atoms with Crippen molar-refractivity contribution in [1.29, 1.82) is 0 Å². The third-order valence-corrected chi connectivity index (χ3v) is 6.27. The van der Waals surface area contributed by atoms with E-state index in [1.54, 1.807) is 33.8 Å². The number of benzene rings is 1. The molecule has 0 unspecified atom stereocenters. The summed E-state index contributed by atoms with van der Waals surface area (Å²) in [5, 5.41) is 2.72. The maximum Gasteiger partial charge on any atom is 0.339 e. The number of carbonyl (C=O) groups excluding carboxylic acids is 2. The second-order valence-electron chi connectivity index (χ2n) is 6.70. The van der Waals surface area contributed by atoms with Crippen molar-refractivity contribution < 1.29 is 22.7 Å². The van der Waals surface area contributed by atoms with Crippen LogP contribution < -0.4 is 5.32 Å². The summed E-state index contributed by atoms with van der Waals surface area (Å²) < 4.78 is 31.0. The van der Waals surface area contributed by atoms with Gasteiger partial charge in [-0.3, -0.25) is 4.79 Å². The molecule has 9 heteroatoms. The van der Waals surface area contributed by atoms with Crippen LogP contribution in [0.1, 0.15) is 44.6 Å². The number of ether oxygens (including phenoxy) is 1. The van der Waals surface area contributed by atoms with E-state index in [0.717, 1.165) is 15.4 Å². The lowest BCUT2D eigenvalue weighted by Crippen LogP contribution is -2.23. The van der Waals surface area contributed by atoms with Gasteiger partial charge in [0.25, 0.3) is 5.91 Å². The lowest BCUT2D eigenvalue weighted by atomic mass is 10.1. The summed E-state index contributed by atoms with van der Waals surface area (Å²) in [7, 11) is -0.761. The van der Waals surface area contributed by atoms with Gasteiger partial charge in [0.2, 0.25) is 10.0 Å². The molecule has 1 aromatic carbocycles. The number of amides is 1. The van der Waals surface area contributed by atoms with Crippen LogP contribution in [0.25, 0.3) is 0 Å². The molecule has 1 amide bonds. The number of nitrogens with one attached hydrogen (secondary N) is 1. The summed E-state index contributed by atoms with van der Waals surface area (Å²) in [6.45, 7) is 7.13. The Bertz CT molecular complexity index is 1060. The molecule has 0 saturated carbocycles. The number of esters is 1. The maximum atomic E-state index is 12.7. The van der Waals surface area contributed by atoms with E-state index >= 15 is 0 Å². The monoisotopic (exact) mass is 419 g/mol. The van der Waals surface area contributed by atoms with Crippen molar-refractivity contribution in [3.8, 4) is 0 Å². The Morgan fingerprint density at radius 3 is 2.34 bits per heavy atom. The van der Waals surface area contributed by atoms with Crippen LogP contribution in [0.3, 0.4) is 0 Å². The Morgan fingerprint density at radius 1 is 1.14 bits per heavy atom. The number of carbonyl (C=O) groups is 2. The van der Waals surface area contributed by atoms with Crippen molar-refractivity contribution in [2.75, 3.05) is 26.0 Å². The van der Waals surface area contributed by atoms with E-state index in [1.165, 1.54) is 32.3 Å². The normalized spacial score (nSPS) is 11.4. The number of rotatable bonds is 6. The molecule has 1 heterocycles. The Kier molecular flexibility index (Phi) is 6.76. The Morgan fingerprint density at radius 2 is 1.79 bits per heavy atom. The predicted octanol–water partition coefficient (Wildman–Crippen LogP) is 2.69. The molecule has 0 aliphatic carbocycles. The van der Waals surface area contributed by atoms with Crippen molar-refractivity contribution in [2.45, 2.75) is 32.6 Å². The minimum atomic E-state index is -3.65. The Labute approximate surface area is 170 Å². The van der Waals surface area contributed by atoms with Crippen LogP contribution in [0.5, 0.6) is 0 Å². The summed E-state index contributed by atoms with van der Waals surface area (Å²) in [6.07, 6.45) is 0. The van der Waals surface area contributed by atoms with Crippen LogP contribution in [0.15, 0.2) is 29.2 Å². The van der Waals surface area contributed by atoms with E-state index in [4.69, 9.17) is 4.74 Å². The van der Waals surface area contributed by atoms with Gasteiger partial charge in [0, 0.05) is 19.8 Å². The van der Waals surface area contributed by atoms with Gasteiger partial charge in [0.05, 0.1) is 22.8 Å². The number of aromatic nitrogens is 1. The average Bonchev–Trinajstić information content (AvgIpc) is 2.64. The van der Waals surface area contributed by atoms with E-state index in [0.29, 0.717) is 11.4 Å². The highest BCUT2D eigenvalue weighted by molar-refractivity contribution is 7.89. The van der Waals surface area contributed by atoms with Gasteiger partial charge in [0.15, 0.2) is 0 Å².